The number of sulfonamides is 1. The van der Waals surface area contributed by atoms with Gasteiger partial charge in [-0.25, -0.2) is 8.42 Å². The van der Waals surface area contributed by atoms with Crippen LogP contribution in [0, 0.1) is 11.3 Å². The molecule has 3 rings (SSSR count). The third-order valence-corrected chi connectivity index (χ3v) is 5.96. The summed E-state index contributed by atoms with van der Waals surface area (Å²) in [5.74, 6) is 0.361. The molecule has 0 unspecified atom stereocenters. The Labute approximate surface area is 158 Å². The molecule has 2 aromatic rings. The van der Waals surface area contributed by atoms with Crippen LogP contribution in [0.15, 0.2) is 36.5 Å². The Morgan fingerprint density at radius 2 is 2.07 bits per heavy atom. The monoisotopic (exact) mass is 387 g/mol. The van der Waals surface area contributed by atoms with Crippen LogP contribution in [0.1, 0.15) is 24.0 Å². The number of piperidine rings is 1. The van der Waals surface area contributed by atoms with Crippen LogP contribution in [0.25, 0.3) is 0 Å². The van der Waals surface area contributed by atoms with Crippen LogP contribution in [0.5, 0.6) is 0 Å². The quantitative estimate of drug-likeness (QED) is 0.769. The van der Waals surface area contributed by atoms with E-state index in [-0.39, 0.29) is 12.5 Å². The fourth-order valence-electron chi connectivity index (χ4n) is 3.38. The van der Waals surface area contributed by atoms with Gasteiger partial charge < -0.3 is 0 Å². The number of amides is 1. The molecule has 1 aliphatic heterocycles. The minimum atomic E-state index is -3.67. The minimum Gasteiger partial charge on any atom is -0.296 e. The van der Waals surface area contributed by atoms with Crippen LogP contribution in [0.3, 0.4) is 0 Å². The van der Waals surface area contributed by atoms with Crippen molar-refractivity contribution in [3.63, 3.8) is 0 Å². The predicted molar refractivity (Wildman–Crippen MR) is 100 cm³/mol. The Hall–Kier alpha value is -2.70. The highest BCUT2D eigenvalue weighted by atomic mass is 32.2. The number of benzene rings is 1. The zero-order valence-corrected chi connectivity index (χ0v) is 16.1. The fraction of sp³-hybridized carbons (Fsp3) is 0.389. The maximum Gasteiger partial charge on any atom is 0.246 e. The van der Waals surface area contributed by atoms with Gasteiger partial charge in [0.05, 0.1) is 24.1 Å². The molecule has 27 heavy (non-hydrogen) atoms. The fourth-order valence-corrected chi connectivity index (χ4v) is 4.41. The molecule has 0 spiro atoms. The van der Waals surface area contributed by atoms with E-state index in [1.165, 1.54) is 4.31 Å². The summed E-state index contributed by atoms with van der Waals surface area (Å²) in [5, 5.41) is 13.4. The average Bonchev–Trinajstić information content (AvgIpc) is 3.05. The van der Waals surface area contributed by atoms with Gasteiger partial charge in [-0.1, -0.05) is 18.2 Å². The van der Waals surface area contributed by atoms with Crippen molar-refractivity contribution in [1.29, 1.82) is 5.26 Å². The molecule has 1 amide bonds. The Morgan fingerprint density at radius 3 is 2.70 bits per heavy atom. The van der Waals surface area contributed by atoms with E-state index in [0.717, 1.165) is 6.26 Å². The van der Waals surface area contributed by atoms with Gasteiger partial charge in [-0.3, -0.25) is 14.4 Å². The SMILES string of the molecule is Cn1nccc1N1CCC[C@H](N(Cc2ccccc2C#N)S(C)(=O)=O)C1=O. The molecular weight excluding hydrogens is 366 g/mol. The number of hydrogen-bond acceptors (Lipinski definition) is 5. The summed E-state index contributed by atoms with van der Waals surface area (Å²) in [6, 6.07) is 9.83. The van der Waals surface area contributed by atoms with Gasteiger partial charge in [0.25, 0.3) is 0 Å². The van der Waals surface area contributed by atoms with E-state index < -0.39 is 16.1 Å². The molecule has 0 bridgehead atoms. The van der Waals surface area contributed by atoms with E-state index in [9.17, 15) is 18.5 Å². The van der Waals surface area contributed by atoms with E-state index >= 15 is 0 Å². The Morgan fingerprint density at radius 1 is 1.33 bits per heavy atom. The lowest BCUT2D eigenvalue weighted by Gasteiger charge is -2.37. The lowest BCUT2D eigenvalue weighted by Crippen LogP contribution is -2.54. The third kappa shape index (κ3) is 3.86. The van der Waals surface area contributed by atoms with Gasteiger partial charge in [-0.15, -0.1) is 0 Å². The van der Waals surface area contributed by atoms with E-state index in [1.807, 2.05) is 0 Å². The van der Waals surface area contributed by atoms with Gasteiger partial charge in [0.15, 0.2) is 0 Å². The van der Waals surface area contributed by atoms with Crippen molar-refractivity contribution in [3.05, 3.63) is 47.7 Å². The van der Waals surface area contributed by atoms with Gasteiger partial charge in [0, 0.05) is 26.2 Å². The highest BCUT2D eigenvalue weighted by Gasteiger charge is 2.39. The van der Waals surface area contributed by atoms with E-state index in [4.69, 9.17) is 0 Å². The summed E-state index contributed by atoms with van der Waals surface area (Å²) >= 11 is 0. The van der Waals surface area contributed by atoms with Crippen molar-refractivity contribution in [2.24, 2.45) is 7.05 Å². The second-order valence-corrected chi connectivity index (χ2v) is 8.47. The van der Waals surface area contributed by atoms with Crippen molar-refractivity contribution < 1.29 is 13.2 Å². The second-order valence-electron chi connectivity index (χ2n) is 6.54. The van der Waals surface area contributed by atoms with Crippen LogP contribution in [0.4, 0.5) is 5.82 Å². The maximum absolute atomic E-state index is 13.1. The maximum atomic E-state index is 13.1. The van der Waals surface area contributed by atoms with Crippen molar-refractivity contribution in [1.82, 2.24) is 14.1 Å². The first-order chi connectivity index (χ1) is 12.8. The number of carbonyl (C=O) groups is 1. The molecule has 142 valence electrons. The van der Waals surface area contributed by atoms with Gasteiger partial charge >= 0.3 is 0 Å². The van der Waals surface area contributed by atoms with Gasteiger partial charge in [-0.05, 0) is 24.5 Å². The molecule has 2 heterocycles. The molecule has 9 heteroatoms. The Bertz CT molecular complexity index is 992. The molecule has 0 saturated carbocycles. The van der Waals surface area contributed by atoms with Gasteiger partial charge in [-0.2, -0.15) is 14.7 Å². The Kier molecular flexibility index (Phi) is 5.30. The molecule has 0 radical (unpaired) electrons. The summed E-state index contributed by atoms with van der Waals surface area (Å²) in [7, 11) is -1.93. The van der Waals surface area contributed by atoms with Gasteiger partial charge in [0.2, 0.25) is 15.9 Å². The number of aryl methyl sites for hydroxylation is 1. The average molecular weight is 387 g/mol. The van der Waals surface area contributed by atoms with Crippen LogP contribution in [-0.4, -0.2) is 47.3 Å². The summed E-state index contributed by atoms with van der Waals surface area (Å²) in [6.07, 6.45) is 3.81. The molecule has 1 fully saturated rings. The standard InChI is InChI=1S/C18H21N5O3S/c1-21-17(9-10-20-21)22-11-5-8-16(18(22)24)23(27(2,25)26)13-15-7-4-3-6-14(15)12-19/h3-4,6-7,9-10,16H,5,8,11,13H2,1-2H3/t16-/m0/s1. The topological polar surface area (TPSA) is 99.3 Å². The summed E-state index contributed by atoms with van der Waals surface area (Å²) < 4.78 is 27.8. The van der Waals surface area contributed by atoms with Crippen LogP contribution in [0.2, 0.25) is 0 Å². The number of nitrogens with zero attached hydrogens (tertiary/aromatic N) is 5. The number of hydrogen-bond donors (Lipinski definition) is 0. The molecule has 0 aliphatic carbocycles. The zero-order valence-electron chi connectivity index (χ0n) is 15.2. The zero-order chi connectivity index (χ0) is 19.6. The number of nitriles is 1. The minimum absolute atomic E-state index is 0.0157. The lowest BCUT2D eigenvalue weighted by molar-refractivity contribution is -0.123. The summed E-state index contributed by atoms with van der Waals surface area (Å²) in [4.78, 5) is 14.7. The number of carbonyl (C=O) groups excluding carboxylic acids is 1. The number of aromatic nitrogens is 2. The third-order valence-electron chi connectivity index (χ3n) is 4.72. The Balaban J connectivity index is 1.95. The van der Waals surface area contributed by atoms with Crippen molar-refractivity contribution in [2.45, 2.75) is 25.4 Å². The van der Waals surface area contributed by atoms with Crippen molar-refractivity contribution >= 4 is 21.7 Å². The van der Waals surface area contributed by atoms with E-state index in [2.05, 4.69) is 11.2 Å². The van der Waals surface area contributed by atoms with Gasteiger partial charge in [0.1, 0.15) is 11.9 Å². The summed E-state index contributed by atoms with van der Waals surface area (Å²) in [6.45, 7) is 0.499. The predicted octanol–water partition coefficient (Wildman–Crippen LogP) is 1.25. The smallest absolute Gasteiger partial charge is 0.246 e. The van der Waals surface area contributed by atoms with Crippen LogP contribution >= 0.6 is 0 Å². The first-order valence-electron chi connectivity index (χ1n) is 8.57. The normalized spacial score (nSPS) is 17.9. The largest absolute Gasteiger partial charge is 0.296 e. The highest BCUT2D eigenvalue weighted by Crippen LogP contribution is 2.26. The van der Waals surface area contributed by atoms with E-state index in [0.29, 0.717) is 36.3 Å². The highest BCUT2D eigenvalue weighted by molar-refractivity contribution is 7.88. The molecule has 1 saturated heterocycles. The van der Waals surface area contributed by atoms with Crippen LogP contribution in [-0.2, 0) is 28.4 Å². The molecule has 1 aromatic carbocycles. The first kappa shape index (κ1) is 19.1. The van der Waals surface area contributed by atoms with E-state index in [1.54, 1.807) is 53.2 Å². The number of rotatable bonds is 5. The van der Waals surface area contributed by atoms with Crippen molar-refractivity contribution in [3.8, 4) is 6.07 Å². The molecule has 1 aliphatic rings. The molecule has 1 aromatic heterocycles. The molecule has 8 nitrogen and oxygen atoms in total. The molecule has 1 atom stereocenters. The molecular formula is C18H21N5O3S. The summed E-state index contributed by atoms with van der Waals surface area (Å²) in [5.41, 5.74) is 0.980. The lowest BCUT2D eigenvalue weighted by atomic mass is 10.0. The first-order valence-corrected chi connectivity index (χ1v) is 10.4. The second kappa shape index (κ2) is 7.50. The molecule has 0 N–H and O–H groups in total. The van der Waals surface area contributed by atoms with Crippen molar-refractivity contribution in [2.75, 3.05) is 17.7 Å². The van der Waals surface area contributed by atoms with Crippen LogP contribution < -0.4 is 4.90 Å². The number of anilines is 1.